The van der Waals surface area contributed by atoms with Gasteiger partial charge in [-0.05, 0) is 38.1 Å². The van der Waals surface area contributed by atoms with E-state index in [1.54, 1.807) is 6.92 Å². The van der Waals surface area contributed by atoms with Crippen molar-refractivity contribution < 1.29 is 4.79 Å². The fourth-order valence-electron chi connectivity index (χ4n) is 2.49. The van der Waals surface area contributed by atoms with Gasteiger partial charge in [-0.15, -0.1) is 0 Å². The smallest absolute Gasteiger partial charge is 0.132 e. The molecule has 1 aliphatic carbocycles. The number of carbonyl (C=O) groups excluding carboxylic acids is 1. The first-order valence-corrected chi connectivity index (χ1v) is 5.59. The van der Waals surface area contributed by atoms with Crippen molar-refractivity contribution in [2.45, 2.75) is 46.6 Å². The van der Waals surface area contributed by atoms with Crippen molar-refractivity contribution in [3.05, 3.63) is 0 Å². The van der Waals surface area contributed by atoms with Crippen LogP contribution in [0.3, 0.4) is 0 Å². The zero-order valence-corrected chi connectivity index (χ0v) is 10.1. The minimum absolute atomic E-state index is 0.240. The highest BCUT2D eigenvalue weighted by Gasteiger charge is 2.55. The molecule has 0 heterocycles. The molecular weight excluding hydrogens is 174 g/mol. The Kier molecular flexibility index (Phi) is 3.36. The van der Waals surface area contributed by atoms with Crippen molar-refractivity contribution >= 4 is 5.78 Å². The number of ketones is 1. The van der Waals surface area contributed by atoms with E-state index in [4.69, 9.17) is 0 Å². The van der Waals surface area contributed by atoms with E-state index in [-0.39, 0.29) is 5.92 Å². The fourth-order valence-corrected chi connectivity index (χ4v) is 2.49. The molecule has 14 heavy (non-hydrogen) atoms. The maximum atomic E-state index is 11.1. The molecule has 1 fully saturated rings. The van der Waals surface area contributed by atoms with Crippen LogP contribution in [0, 0.1) is 17.3 Å². The van der Waals surface area contributed by atoms with Gasteiger partial charge in [0.2, 0.25) is 0 Å². The van der Waals surface area contributed by atoms with Gasteiger partial charge in [0.15, 0.2) is 0 Å². The van der Waals surface area contributed by atoms with Crippen LogP contribution in [-0.4, -0.2) is 18.9 Å². The van der Waals surface area contributed by atoms with E-state index in [1.807, 2.05) is 14.0 Å². The van der Waals surface area contributed by atoms with Crippen molar-refractivity contribution in [2.75, 3.05) is 7.05 Å². The lowest BCUT2D eigenvalue weighted by atomic mass is 9.97. The maximum absolute atomic E-state index is 11.1. The van der Waals surface area contributed by atoms with Crippen molar-refractivity contribution in [1.29, 1.82) is 0 Å². The average Bonchev–Trinajstić information content (AvgIpc) is 2.62. The van der Waals surface area contributed by atoms with Crippen LogP contribution in [0.5, 0.6) is 0 Å². The van der Waals surface area contributed by atoms with Gasteiger partial charge in [0, 0.05) is 12.0 Å². The third kappa shape index (κ3) is 2.17. The summed E-state index contributed by atoms with van der Waals surface area (Å²) in [6, 6.07) is 0.654. The van der Waals surface area contributed by atoms with E-state index in [1.165, 1.54) is 6.42 Å². The number of nitrogens with one attached hydrogen (secondary N) is 1. The van der Waals surface area contributed by atoms with Crippen LogP contribution in [0.4, 0.5) is 0 Å². The summed E-state index contributed by atoms with van der Waals surface area (Å²) in [4.78, 5) is 11.1. The van der Waals surface area contributed by atoms with Crippen molar-refractivity contribution in [3.8, 4) is 0 Å². The first kappa shape index (κ1) is 11.7. The number of hydrogen-bond acceptors (Lipinski definition) is 2. The minimum atomic E-state index is 0.240. The molecule has 1 aliphatic rings. The average molecular weight is 197 g/mol. The highest BCUT2D eigenvalue weighted by molar-refractivity contribution is 5.77. The molecule has 2 nitrogen and oxygen atoms in total. The summed E-state index contributed by atoms with van der Waals surface area (Å²) in [6.45, 7) is 8.33. The Balaban J connectivity index is 2.31. The highest BCUT2D eigenvalue weighted by atomic mass is 16.1. The molecule has 0 bridgehead atoms. The quantitative estimate of drug-likeness (QED) is 0.732. The Morgan fingerprint density at radius 1 is 1.50 bits per heavy atom. The number of carbonyl (C=O) groups is 1. The second kappa shape index (κ2) is 4.01. The van der Waals surface area contributed by atoms with Gasteiger partial charge in [-0.25, -0.2) is 0 Å². The van der Waals surface area contributed by atoms with E-state index >= 15 is 0 Å². The van der Waals surface area contributed by atoms with E-state index in [2.05, 4.69) is 19.2 Å². The first-order valence-electron chi connectivity index (χ1n) is 5.59. The van der Waals surface area contributed by atoms with Crippen LogP contribution in [0.2, 0.25) is 0 Å². The Hall–Kier alpha value is -0.370. The summed E-state index contributed by atoms with van der Waals surface area (Å²) >= 11 is 0. The van der Waals surface area contributed by atoms with Gasteiger partial charge >= 0.3 is 0 Å². The molecular formula is C12H23NO. The normalized spacial score (nSPS) is 31.2. The molecule has 1 N–H and O–H groups in total. The monoisotopic (exact) mass is 197 g/mol. The number of rotatable bonds is 5. The summed E-state index contributed by atoms with van der Waals surface area (Å²) in [5, 5.41) is 3.35. The SMILES string of the molecule is CNC1C(CCC(C)C(C)=O)C1(C)C. The topological polar surface area (TPSA) is 29.1 Å². The third-order valence-corrected chi connectivity index (χ3v) is 3.97. The van der Waals surface area contributed by atoms with Gasteiger partial charge in [-0.1, -0.05) is 20.8 Å². The molecule has 0 radical (unpaired) electrons. The van der Waals surface area contributed by atoms with Gasteiger partial charge < -0.3 is 5.32 Å². The standard InChI is InChI=1S/C12H23NO/c1-8(9(2)14)6-7-10-11(13-5)12(10,3)4/h8,10-11,13H,6-7H2,1-5H3. The lowest BCUT2D eigenvalue weighted by Crippen LogP contribution is -2.15. The van der Waals surface area contributed by atoms with Crippen LogP contribution < -0.4 is 5.32 Å². The van der Waals surface area contributed by atoms with Crippen LogP contribution in [0.1, 0.15) is 40.5 Å². The molecule has 0 saturated heterocycles. The molecule has 0 spiro atoms. The van der Waals surface area contributed by atoms with Crippen molar-refractivity contribution in [1.82, 2.24) is 5.32 Å². The van der Waals surface area contributed by atoms with Gasteiger partial charge in [0.1, 0.15) is 5.78 Å². The van der Waals surface area contributed by atoms with E-state index < -0.39 is 0 Å². The number of Topliss-reactive ketones (excluding diaryl/α,β-unsaturated/α-hetero) is 1. The molecule has 1 saturated carbocycles. The van der Waals surface area contributed by atoms with Crippen LogP contribution >= 0.6 is 0 Å². The summed E-state index contributed by atoms with van der Waals surface area (Å²) in [5.41, 5.74) is 0.436. The second-order valence-electron chi connectivity index (χ2n) is 5.28. The molecule has 0 aromatic rings. The lowest BCUT2D eigenvalue weighted by molar-refractivity contribution is -0.120. The Morgan fingerprint density at radius 3 is 2.43 bits per heavy atom. The summed E-state index contributed by atoms with van der Waals surface area (Å²) in [5.74, 6) is 1.32. The van der Waals surface area contributed by atoms with Crippen LogP contribution in [0.15, 0.2) is 0 Å². The molecule has 2 heteroatoms. The molecule has 0 amide bonds. The van der Waals surface area contributed by atoms with Crippen molar-refractivity contribution in [2.24, 2.45) is 17.3 Å². The van der Waals surface area contributed by atoms with E-state index in [9.17, 15) is 4.79 Å². The Bertz CT molecular complexity index is 222. The summed E-state index contributed by atoms with van der Waals surface area (Å²) in [6.07, 6.45) is 2.22. The molecule has 0 aromatic heterocycles. The fraction of sp³-hybridized carbons (Fsp3) is 0.917. The largest absolute Gasteiger partial charge is 0.316 e. The highest BCUT2D eigenvalue weighted by Crippen LogP contribution is 2.54. The molecule has 3 unspecified atom stereocenters. The lowest BCUT2D eigenvalue weighted by Gasteiger charge is -2.07. The molecule has 0 aromatic carbocycles. The van der Waals surface area contributed by atoms with Gasteiger partial charge in [0.25, 0.3) is 0 Å². The van der Waals surface area contributed by atoms with E-state index in [0.717, 1.165) is 12.3 Å². The first-order chi connectivity index (χ1) is 6.41. The molecule has 1 rings (SSSR count). The predicted molar refractivity (Wildman–Crippen MR) is 59.2 cm³/mol. The van der Waals surface area contributed by atoms with Gasteiger partial charge in [-0.2, -0.15) is 0 Å². The van der Waals surface area contributed by atoms with Crippen LogP contribution in [-0.2, 0) is 4.79 Å². The van der Waals surface area contributed by atoms with Crippen molar-refractivity contribution in [3.63, 3.8) is 0 Å². The Labute approximate surface area is 87.5 Å². The van der Waals surface area contributed by atoms with Gasteiger partial charge in [-0.3, -0.25) is 4.79 Å². The summed E-state index contributed by atoms with van der Waals surface area (Å²) < 4.78 is 0. The van der Waals surface area contributed by atoms with E-state index in [0.29, 0.717) is 17.2 Å². The molecule has 0 aliphatic heterocycles. The predicted octanol–water partition coefficient (Wildman–Crippen LogP) is 2.24. The summed E-state index contributed by atoms with van der Waals surface area (Å²) in [7, 11) is 2.03. The minimum Gasteiger partial charge on any atom is -0.316 e. The zero-order valence-electron chi connectivity index (χ0n) is 10.1. The molecule has 82 valence electrons. The maximum Gasteiger partial charge on any atom is 0.132 e. The van der Waals surface area contributed by atoms with Crippen LogP contribution in [0.25, 0.3) is 0 Å². The zero-order chi connectivity index (χ0) is 10.9. The molecule has 3 atom stereocenters. The second-order valence-corrected chi connectivity index (χ2v) is 5.28. The Morgan fingerprint density at radius 2 is 2.07 bits per heavy atom. The number of hydrogen-bond donors (Lipinski definition) is 1. The third-order valence-electron chi connectivity index (χ3n) is 3.97. The van der Waals surface area contributed by atoms with Gasteiger partial charge in [0.05, 0.1) is 0 Å².